The van der Waals surface area contributed by atoms with Crippen LogP contribution in [0.2, 0.25) is 0 Å². The summed E-state index contributed by atoms with van der Waals surface area (Å²) in [5.41, 5.74) is 2.42. The van der Waals surface area contributed by atoms with E-state index in [0.717, 1.165) is 11.1 Å². The van der Waals surface area contributed by atoms with Crippen molar-refractivity contribution < 1.29 is 23.8 Å². The summed E-state index contributed by atoms with van der Waals surface area (Å²) >= 11 is 0. The van der Waals surface area contributed by atoms with E-state index in [0.29, 0.717) is 17.9 Å². The van der Waals surface area contributed by atoms with Gasteiger partial charge in [0, 0.05) is 6.08 Å². The summed E-state index contributed by atoms with van der Waals surface area (Å²) in [6.07, 6.45) is 4.39. The number of ether oxygens (including phenoxy) is 3. The fourth-order valence-electron chi connectivity index (χ4n) is 2.46. The minimum Gasteiger partial charge on any atom is -0.490 e. The van der Waals surface area contributed by atoms with Gasteiger partial charge in [-0.15, -0.1) is 0 Å². The first kappa shape index (κ1) is 22.4. The van der Waals surface area contributed by atoms with Crippen LogP contribution in [-0.2, 0) is 14.3 Å². The second-order valence-corrected chi connectivity index (χ2v) is 6.19. The number of rotatable bonds is 8. The summed E-state index contributed by atoms with van der Waals surface area (Å²) < 4.78 is 15.8. The lowest BCUT2D eigenvalue weighted by molar-refractivity contribution is -0.138. The molecule has 0 N–H and O–H groups in total. The summed E-state index contributed by atoms with van der Waals surface area (Å²) in [4.78, 5) is 24.0. The Kier molecular flexibility index (Phi) is 8.40. The van der Waals surface area contributed by atoms with Crippen LogP contribution in [-0.4, -0.2) is 25.2 Å². The van der Waals surface area contributed by atoms with Gasteiger partial charge in [0.2, 0.25) is 0 Å². The van der Waals surface area contributed by atoms with E-state index in [9.17, 15) is 14.9 Å². The number of benzene rings is 2. The molecule has 2 aromatic rings. The van der Waals surface area contributed by atoms with Crippen molar-refractivity contribution in [1.29, 1.82) is 5.26 Å². The normalized spacial score (nSPS) is 11.1. The largest absolute Gasteiger partial charge is 0.490 e. The lowest BCUT2D eigenvalue weighted by atomic mass is 10.1. The van der Waals surface area contributed by atoms with Crippen molar-refractivity contribution in [3.05, 3.63) is 70.8 Å². The summed E-state index contributed by atoms with van der Waals surface area (Å²) in [5, 5.41) is 9.17. The molecule has 6 heteroatoms. The van der Waals surface area contributed by atoms with Gasteiger partial charge in [0.15, 0.2) is 11.5 Å². The van der Waals surface area contributed by atoms with E-state index >= 15 is 0 Å². The van der Waals surface area contributed by atoms with Crippen LogP contribution >= 0.6 is 0 Å². The maximum atomic E-state index is 12.2. The van der Waals surface area contributed by atoms with Crippen LogP contribution in [0.5, 0.6) is 11.5 Å². The van der Waals surface area contributed by atoms with Crippen molar-refractivity contribution in [3.8, 4) is 17.6 Å². The molecule has 2 aromatic carbocycles. The molecule has 0 spiro atoms. The van der Waals surface area contributed by atoms with Crippen molar-refractivity contribution in [2.24, 2.45) is 0 Å². The minimum absolute atomic E-state index is 0.134. The van der Waals surface area contributed by atoms with Gasteiger partial charge in [-0.1, -0.05) is 35.9 Å². The Bertz CT molecular complexity index is 997. The van der Waals surface area contributed by atoms with Crippen LogP contribution in [0.25, 0.3) is 12.2 Å². The van der Waals surface area contributed by atoms with E-state index in [1.54, 1.807) is 38.1 Å². The molecule has 0 radical (unpaired) electrons. The molecule has 0 aliphatic heterocycles. The van der Waals surface area contributed by atoms with Gasteiger partial charge in [0.05, 0.1) is 13.2 Å². The van der Waals surface area contributed by atoms with Gasteiger partial charge < -0.3 is 14.2 Å². The van der Waals surface area contributed by atoms with Gasteiger partial charge in [-0.3, -0.25) is 0 Å². The highest BCUT2D eigenvalue weighted by Crippen LogP contribution is 2.29. The predicted octanol–water partition coefficient (Wildman–Crippen LogP) is 4.48. The number of hydrogen-bond donors (Lipinski definition) is 0. The summed E-state index contributed by atoms with van der Waals surface area (Å²) in [5.74, 6) is -0.689. The SMILES string of the molecule is CCOC(=O)C(C#N)=Cc1ccc(OC(=O)C=Cc2ccc(C)cc2)c(OCC)c1. The molecule has 6 nitrogen and oxygen atoms in total. The molecule has 0 heterocycles. The minimum atomic E-state index is -0.699. The third kappa shape index (κ3) is 6.64. The standard InChI is InChI=1S/C24H23NO5/c1-4-28-22-15-19(14-20(16-25)24(27)29-5-2)10-12-21(22)30-23(26)13-11-18-8-6-17(3)7-9-18/h6-15H,4-5H2,1-3H3. The molecule has 0 unspecified atom stereocenters. The van der Waals surface area contributed by atoms with Crippen molar-refractivity contribution in [2.45, 2.75) is 20.8 Å². The molecule has 0 amide bonds. The van der Waals surface area contributed by atoms with E-state index in [4.69, 9.17) is 14.2 Å². The molecule has 0 aromatic heterocycles. The lowest BCUT2D eigenvalue weighted by Crippen LogP contribution is -2.07. The first-order valence-corrected chi connectivity index (χ1v) is 9.49. The fraction of sp³-hybridized carbons (Fsp3) is 0.208. The molecule has 154 valence electrons. The van der Waals surface area contributed by atoms with Gasteiger partial charge >= 0.3 is 11.9 Å². The first-order chi connectivity index (χ1) is 14.5. The van der Waals surface area contributed by atoms with Gasteiger partial charge in [-0.25, -0.2) is 9.59 Å². The highest BCUT2D eigenvalue weighted by Gasteiger charge is 2.13. The van der Waals surface area contributed by atoms with Crippen LogP contribution in [0.1, 0.15) is 30.5 Å². The van der Waals surface area contributed by atoms with Crippen LogP contribution in [0.4, 0.5) is 0 Å². The Morgan fingerprint density at radius 2 is 1.70 bits per heavy atom. The van der Waals surface area contributed by atoms with Crippen molar-refractivity contribution >= 4 is 24.1 Å². The zero-order chi connectivity index (χ0) is 21.9. The highest BCUT2D eigenvalue weighted by atomic mass is 16.6. The maximum Gasteiger partial charge on any atom is 0.348 e. The highest BCUT2D eigenvalue weighted by molar-refractivity contribution is 5.98. The smallest absolute Gasteiger partial charge is 0.348 e. The van der Waals surface area contributed by atoms with E-state index in [2.05, 4.69) is 0 Å². The topological polar surface area (TPSA) is 85.6 Å². The molecular formula is C24H23NO5. The lowest BCUT2D eigenvalue weighted by Gasteiger charge is -2.10. The van der Waals surface area contributed by atoms with Gasteiger partial charge in [-0.2, -0.15) is 5.26 Å². The Morgan fingerprint density at radius 1 is 1.00 bits per heavy atom. The Labute approximate surface area is 176 Å². The Morgan fingerprint density at radius 3 is 2.33 bits per heavy atom. The van der Waals surface area contributed by atoms with Crippen LogP contribution in [0, 0.1) is 18.3 Å². The summed E-state index contributed by atoms with van der Waals surface area (Å²) in [6.45, 7) is 5.97. The first-order valence-electron chi connectivity index (χ1n) is 9.49. The number of carbonyl (C=O) groups excluding carboxylic acids is 2. The molecular weight excluding hydrogens is 382 g/mol. The average Bonchev–Trinajstić information content (AvgIpc) is 2.73. The monoisotopic (exact) mass is 405 g/mol. The molecule has 2 rings (SSSR count). The number of hydrogen-bond acceptors (Lipinski definition) is 6. The molecule has 0 fully saturated rings. The zero-order valence-electron chi connectivity index (χ0n) is 17.2. The third-order valence-corrected chi connectivity index (χ3v) is 3.89. The van der Waals surface area contributed by atoms with Crippen LogP contribution < -0.4 is 9.47 Å². The molecule has 0 saturated carbocycles. The summed E-state index contributed by atoms with van der Waals surface area (Å²) in [6, 6.07) is 14.3. The quantitative estimate of drug-likeness (QED) is 0.279. The van der Waals surface area contributed by atoms with Crippen LogP contribution in [0.3, 0.4) is 0 Å². The van der Waals surface area contributed by atoms with Crippen molar-refractivity contribution in [3.63, 3.8) is 0 Å². The van der Waals surface area contributed by atoms with Crippen molar-refractivity contribution in [2.75, 3.05) is 13.2 Å². The maximum absolute atomic E-state index is 12.2. The number of aryl methyl sites for hydroxylation is 1. The number of esters is 2. The van der Waals surface area contributed by atoms with E-state index in [1.165, 1.54) is 12.2 Å². The Hall–Kier alpha value is -3.85. The molecule has 30 heavy (non-hydrogen) atoms. The molecule has 0 bridgehead atoms. The van der Waals surface area contributed by atoms with Gasteiger partial charge in [0.1, 0.15) is 11.6 Å². The molecule has 0 aliphatic rings. The van der Waals surface area contributed by atoms with Gasteiger partial charge in [-0.05, 0) is 56.2 Å². The second-order valence-electron chi connectivity index (χ2n) is 6.19. The van der Waals surface area contributed by atoms with Gasteiger partial charge in [0.25, 0.3) is 0 Å². The third-order valence-electron chi connectivity index (χ3n) is 3.89. The van der Waals surface area contributed by atoms with E-state index < -0.39 is 11.9 Å². The van der Waals surface area contributed by atoms with E-state index in [-0.39, 0.29) is 17.9 Å². The Balaban J connectivity index is 2.20. The van der Waals surface area contributed by atoms with Crippen LogP contribution in [0.15, 0.2) is 54.1 Å². The average molecular weight is 405 g/mol. The number of carbonyl (C=O) groups is 2. The number of nitrogens with zero attached hydrogens (tertiary/aromatic N) is 1. The predicted molar refractivity (Wildman–Crippen MR) is 114 cm³/mol. The zero-order valence-corrected chi connectivity index (χ0v) is 17.2. The molecule has 0 aliphatic carbocycles. The molecule has 0 saturated heterocycles. The van der Waals surface area contributed by atoms with Crippen molar-refractivity contribution in [1.82, 2.24) is 0 Å². The summed E-state index contributed by atoms with van der Waals surface area (Å²) in [7, 11) is 0. The second kappa shape index (κ2) is 11.2. The number of nitriles is 1. The molecule has 0 atom stereocenters. The fourth-order valence-corrected chi connectivity index (χ4v) is 2.46. The van der Waals surface area contributed by atoms with E-state index in [1.807, 2.05) is 37.3 Å².